The molecule has 2 aromatic carbocycles. The summed E-state index contributed by atoms with van der Waals surface area (Å²) in [6, 6.07) is 17.0. The van der Waals surface area contributed by atoms with Gasteiger partial charge in [0, 0.05) is 24.2 Å². The first-order chi connectivity index (χ1) is 15.2. The largest absolute Gasteiger partial charge is 0.487 e. The molecule has 162 valence electrons. The molecule has 3 aromatic rings. The number of aryl methyl sites for hydroxylation is 1. The third kappa shape index (κ3) is 5.73. The lowest BCUT2D eigenvalue weighted by atomic mass is 10.1. The van der Waals surface area contributed by atoms with Gasteiger partial charge in [-0.05, 0) is 69.3 Å². The number of amides is 1. The van der Waals surface area contributed by atoms with Gasteiger partial charge in [0.2, 0.25) is 5.89 Å². The maximum absolute atomic E-state index is 12.4. The van der Waals surface area contributed by atoms with Gasteiger partial charge in [-0.25, -0.2) is 4.98 Å². The summed E-state index contributed by atoms with van der Waals surface area (Å²) in [6.45, 7) is 6.08. The summed E-state index contributed by atoms with van der Waals surface area (Å²) < 4.78 is 11.6. The van der Waals surface area contributed by atoms with Crippen LogP contribution in [0.25, 0.3) is 11.5 Å². The minimum Gasteiger partial charge on any atom is -0.487 e. The lowest BCUT2D eigenvalue weighted by Gasteiger charge is -2.26. The van der Waals surface area contributed by atoms with E-state index in [4.69, 9.17) is 9.15 Å². The molecule has 1 amide bonds. The normalized spacial score (nSPS) is 14.4. The van der Waals surface area contributed by atoms with Crippen molar-refractivity contribution in [1.82, 2.24) is 15.2 Å². The van der Waals surface area contributed by atoms with Gasteiger partial charge in [-0.2, -0.15) is 0 Å². The van der Waals surface area contributed by atoms with Gasteiger partial charge >= 0.3 is 0 Å². The van der Waals surface area contributed by atoms with Crippen molar-refractivity contribution in [3.8, 4) is 17.2 Å². The van der Waals surface area contributed by atoms with E-state index in [1.165, 1.54) is 19.3 Å². The van der Waals surface area contributed by atoms with E-state index < -0.39 is 0 Å². The van der Waals surface area contributed by atoms with E-state index >= 15 is 0 Å². The molecule has 4 rings (SSSR count). The van der Waals surface area contributed by atoms with Crippen LogP contribution in [0.15, 0.2) is 59.0 Å². The molecular weight excluding hydrogens is 390 g/mol. The predicted molar refractivity (Wildman–Crippen MR) is 120 cm³/mol. The van der Waals surface area contributed by atoms with E-state index in [1.54, 1.807) is 0 Å². The number of aromatic nitrogens is 1. The third-order valence-electron chi connectivity index (χ3n) is 5.57. The Labute approximate surface area is 183 Å². The minimum absolute atomic E-state index is 0.0518. The quantitative estimate of drug-likeness (QED) is 0.584. The van der Waals surface area contributed by atoms with Crippen molar-refractivity contribution < 1.29 is 13.9 Å². The van der Waals surface area contributed by atoms with Crippen LogP contribution in [0.4, 0.5) is 0 Å². The van der Waals surface area contributed by atoms with Crippen LogP contribution in [0.3, 0.4) is 0 Å². The van der Waals surface area contributed by atoms with Crippen LogP contribution in [-0.2, 0) is 6.61 Å². The Morgan fingerprint density at radius 3 is 2.55 bits per heavy atom. The Kier molecular flexibility index (Phi) is 6.99. The van der Waals surface area contributed by atoms with E-state index in [-0.39, 0.29) is 5.91 Å². The highest BCUT2D eigenvalue weighted by Gasteiger charge is 2.14. The van der Waals surface area contributed by atoms with Gasteiger partial charge in [0.05, 0.1) is 0 Å². The molecule has 0 bridgehead atoms. The number of nitrogens with one attached hydrogen (secondary N) is 1. The van der Waals surface area contributed by atoms with Crippen LogP contribution in [0, 0.1) is 6.92 Å². The first-order valence-corrected chi connectivity index (χ1v) is 10.9. The number of piperidine rings is 1. The Morgan fingerprint density at radius 1 is 1.06 bits per heavy atom. The Balaban J connectivity index is 1.31. The summed E-state index contributed by atoms with van der Waals surface area (Å²) in [4.78, 5) is 19.4. The molecule has 0 unspecified atom stereocenters. The standard InChI is InChI=1S/C25H29N3O3/c1-19-23(18-30-22-8-4-2-5-9-22)27-25(31-19)21-12-10-20(11-13-21)24(29)26-14-17-28-15-6-3-7-16-28/h2,4-5,8-13H,3,6-7,14-18H2,1H3,(H,26,29). The summed E-state index contributed by atoms with van der Waals surface area (Å²) in [7, 11) is 0. The van der Waals surface area contributed by atoms with Crippen molar-refractivity contribution in [2.75, 3.05) is 26.2 Å². The second-order valence-electron chi connectivity index (χ2n) is 7.86. The zero-order chi connectivity index (χ0) is 21.5. The molecule has 1 N–H and O–H groups in total. The first kappa shape index (κ1) is 21.1. The van der Waals surface area contributed by atoms with Crippen molar-refractivity contribution in [2.24, 2.45) is 0 Å². The molecule has 2 heterocycles. The summed E-state index contributed by atoms with van der Waals surface area (Å²) >= 11 is 0. The molecule has 1 aliphatic heterocycles. The van der Waals surface area contributed by atoms with E-state index in [9.17, 15) is 4.79 Å². The highest BCUT2D eigenvalue weighted by Crippen LogP contribution is 2.23. The Morgan fingerprint density at radius 2 is 1.81 bits per heavy atom. The molecule has 0 atom stereocenters. The lowest BCUT2D eigenvalue weighted by Crippen LogP contribution is -2.37. The molecule has 0 saturated carbocycles. The minimum atomic E-state index is -0.0518. The number of carbonyl (C=O) groups excluding carboxylic acids is 1. The fourth-order valence-electron chi connectivity index (χ4n) is 3.73. The second kappa shape index (κ2) is 10.3. The molecule has 6 heteroatoms. The highest BCUT2D eigenvalue weighted by molar-refractivity contribution is 5.94. The number of hydrogen-bond acceptors (Lipinski definition) is 5. The number of nitrogens with zero attached hydrogens (tertiary/aromatic N) is 2. The van der Waals surface area contributed by atoms with E-state index in [0.29, 0.717) is 24.6 Å². The van der Waals surface area contributed by atoms with E-state index in [0.717, 1.165) is 42.4 Å². The number of rotatable bonds is 8. The van der Waals surface area contributed by atoms with Crippen molar-refractivity contribution in [2.45, 2.75) is 32.8 Å². The fraction of sp³-hybridized carbons (Fsp3) is 0.360. The maximum atomic E-state index is 12.4. The molecule has 1 fully saturated rings. The molecule has 1 saturated heterocycles. The summed E-state index contributed by atoms with van der Waals surface area (Å²) in [5, 5.41) is 3.01. The monoisotopic (exact) mass is 419 g/mol. The Hall–Kier alpha value is -3.12. The average molecular weight is 420 g/mol. The molecule has 31 heavy (non-hydrogen) atoms. The zero-order valence-corrected chi connectivity index (χ0v) is 18.0. The number of benzene rings is 2. The maximum Gasteiger partial charge on any atom is 0.251 e. The summed E-state index contributed by atoms with van der Waals surface area (Å²) in [6.07, 6.45) is 3.84. The van der Waals surface area contributed by atoms with E-state index in [2.05, 4.69) is 15.2 Å². The Bertz CT molecular complexity index is 977. The van der Waals surface area contributed by atoms with Crippen LogP contribution < -0.4 is 10.1 Å². The van der Waals surface area contributed by atoms with Crippen LogP contribution in [-0.4, -0.2) is 42.0 Å². The van der Waals surface area contributed by atoms with Gasteiger partial charge < -0.3 is 19.4 Å². The molecule has 6 nitrogen and oxygen atoms in total. The summed E-state index contributed by atoms with van der Waals surface area (Å²) in [5.74, 6) is 2.00. The van der Waals surface area contributed by atoms with Crippen LogP contribution in [0.5, 0.6) is 5.75 Å². The molecule has 1 aliphatic rings. The molecule has 0 aliphatic carbocycles. The fourth-order valence-corrected chi connectivity index (χ4v) is 3.73. The van der Waals surface area contributed by atoms with Gasteiger partial charge in [-0.1, -0.05) is 24.6 Å². The zero-order valence-electron chi connectivity index (χ0n) is 18.0. The van der Waals surface area contributed by atoms with Gasteiger partial charge in [0.1, 0.15) is 23.8 Å². The number of oxazole rings is 1. The van der Waals surface area contributed by atoms with E-state index in [1.807, 2.05) is 61.5 Å². The molecule has 0 radical (unpaired) electrons. The lowest BCUT2D eigenvalue weighted by molar-refractivity contribution is 0.0946. The average Bonchev–Trinajstić information content (AvgIpc) is 3.19. The highest BCUT2D eigenvalue weighted by atomic mass is 16.5. The number of likely N-dealkylation sites (tertiary alicyclic amines) is 1. The first-order valence-electron chi connectivity index (χ1n) is 10.9. The van der Waals surface area contributed by atoms with Crippen LogP contribution in [0.1, 0.15) is 41.1 Å². The predicted octanol–water partition coefficient (Wildman–Crippen LogP) is 4.44. The molecule has 0 spiro atoms. The van der Waals surface area contributed by atoms with Gasteiger partial charge in [0.25, 0.3) is 5.91 Å². The second-order valence-corrected chi connectivity index (χ2v) is 7.86. The van der Waals surface area contributed by atoms with Gasteiger partial charge in [-0.3, -0.25) is 4.79 Å². The molecular formula is C25H29N3O3. The summed E-state index contributed by atoms with van der Waals surface area (Å²) in [5.41, 5.74) is 2.23. The van der Waals surface area contributed by atoms with Gasteiger partial charge in [-0.15, -0.1) is 0 Å². The van der Waals surface area contributed by atoms with Gasteiger partial charge in [0.15, 0.2) is 0 Å². The van der Waals surface area contributed by atoms with Crippen molar-refractivity contribution in [1.29, 1.82) is 0 Å². The number of carbonyl (C=O) groups is 1. The number of para-hydroxylation sites is 1. The van der Waals surface area contributed by atoms with Crippen molar-refractivity contribution in [3.05, 3.63) is 71.6 Å². The smallest absolute Gasteiger partial charge is 0.251 e. The topological polar surface area (TPSA) is 67.6 Å². The van der Waals surface area contributed by atoms with Crippen molar-refractivity contribution >= 4 is 5.91 Å². The third-order valence-corrected chi connectivity index (χ3v) is 5.57. The SMILES string of the molecule is Cc1oc(-c2ccc(C(=O)NCCN3CCCCC3)cc2)nc1COc1ccccc1. The number of ether oxygens (including phenoxy) is 1. The number of hydrogen-bond donors (Lipinski definition) is 1. The van der Waals surface area contributed by atoms with Crippen molar-refractivity contribution in [3.63, 3.8) is 0 Å². The van der Waals surface area contributed by atoms with Crippen LogP contribution >= 0.6 is 0 Å². The van der Waals surface area contributed by atoms with Crippen LogP contribution in [0.2, 0.25) is 0 Å². The molecule has 1 aromatic heterocycles.